The third-order valence-corrected chi connectivity index (χ3v) is 4.99. The quantitative estimate of drug-likeness (QED) is 0.662. The monoisotopic (exact) mass is 351 g/mol. The van der Waals surface area contributed by atoms with E-state index in [2.05, 4.69) is 31.2 Å². The fourth-order valence-corrected chi connectivity index (χ4v) is 3.30. The number of carbonyl (C=O) groups is 1. The second-order valence-electron chi connectivity index (χ2n) is 4.36. The number of aromatic amines is 2. The molecule has 0 radical (unpaired) electrons. The zero-order valence-electron chi connectivity index (χ0n) is 10.4. The van der Waals surface area contributed by atoms with Gasteiger partial charge in [-0.05, 0) is 52.7 Å². The molecule has 0 aliphatic carbocycles. The molecule has 3 aromatic rings. The molecule has 0 bridgehead atoms. The SMILES string of the molecule is Cc1cc(C(=O)Nc2ccc3[nH]c(=O)[nH]c3c2)sc1Br. The summed E-state index contributed by atoms with van der Waals surface area (Å²) in [5.41, 5.74) is 2.78. The molecular formula is C13H10BrN3O2S. The Bertz CT molecular complexity index is 842. The highest BCUT2D eigenvalue weighted by atomic mass is 79.9. The van der Waals surface area contributed by atoms with Gasteiger partial charge >= 0.3 is 5.69 Å². The van der Waals surface area contributed by atoms with Crippen molar-refractivity contribution in [1.29, 1.82) is 0 Å². The van der Waals surface area contributed by atoms with Crippen LogP contribution in [0.3, 0.4) is 0 Å². The standard InChI is InChI=1S/C13H10BrN3O2S/c1-6-4-10(20-11(6)14)12(18)15-7-2-3-8-9(5-7)17-13(19)16-8/h2-5H,1H3,(H,15,18)(H2,16,17,19). The second kappa shape index (κ2) is 4.92. The number of rotatable bonds is 2. The number of H-pyrrole nitrogens is 2. The summed E-state index contributed by atoms with van der Waals surface area (Å²) in [5.74, 6) is -0.166. The first kappa shape index (κ1) is 13.1. The lowest BCUT2D eigenvalue weighted by atomic mass is 10.2. The minimum absolute atomic E-state index is 0.166. The van der Waals surface area contributed by atoms with Crippen LogP contribution in [0.1, 0.15) is 15.2 Å². The van der Waals surface area contributed by atoms with Crippen molar-refractivity contribution in [3.8, 4) is 0 Å². The molecule has 7 heteroatoms. The Morgan fingerprint density at radius 3 is 2.70 bits per heavy atom. The Morgan fingerprint density at radius 2 is 2.00 bits per heavy atom. The van der Waals surface area contributed by atoms with Crippen LogP contribution in [0.4, 0.5) is 5.69 Å². The second-order valence-corrected chi connectivity index (χ2v) is 6.73. The first-order valence-electron chi connectivity index (χ1n) is 5.82. The maximum absolute atomic E-state index is 12.1. The predicted molar refractivity (Wildman–Crippen MR) is 83.6 cm³/mol. The molecule has 0 saturated carbocycles. The summed E-state index contributed by atoms with van der Waals surface area (Å²) in [5, 5.41) is 2.81. The molecular weight excluding hydrogens is 342 g/mol. The molecule has 1 aromatic carbocycles. The molecule has 2 aromatic heterocycles. The van der Waals surface area contributed by atoms with Crippen LogP contribution in [-0.4, -0.2) is 15.9 Å². The number of anilines is 1. The van der Waals surface area contributed by atoms with Gasteiger partial charge in [0.1, 0.15) is 0 Å². The number of imidazole rings is 1. The number of thiophene rings is 1. The molecule has 3 N–H and O–H groups in total. The maximum Gasteiger partial charge on any atom is 0.323 e. The van der Waals surface area contributed by atoms with E-state index in [1.165, 1.54) is 11.3 Å². The van der Waals surface area contributed by atoms with Crippen LogP contribution in [0.15, 0.2) is 32.8 Å². The topological polar surface area (TPSA) is 77.8 Å². The van der Waals surface area contributed by atoms with Gasteiger partial charge in [-0.1, -0.05) is 0 Å². The number of halogens is 1. The van der Waals surface area contributed by atoms with Crippen LogP contribution in [-0.2, 0) is 0 Å². The Labute approximate surface area is 126 Å². The van der Waals surface area contributed by atoms with E-state index in [1.807, 2.05) is 13.0 Å². The molecule has 0 unspecified atom stereocenters. The molecule has 0 saturated heterocycles. The highest BCUT2D eigenvalue weighted by Crippen LogP contribution is 2.28. The smallest absolute Gasteiger partial charge is 0.321 e. The number of carbonyl (C=O) groups excluding carboxylic acids is 1. The minimum Gasteiger partial charge on any atom is -0.321 e. The number of nitrogens with one attached hydrogen (secondary N) is 3. The third kappa shape index (κ3) is 2.41. The summed E-state index contributed by atoms with van der Waals surface area (Å²) in [7, 11) is 0. The first-order chi connectivity index (χ1) is 9.52. The summed E-state index contributed by atoms with van der Waals surface area (Å²) >= 11 is 4.79. The van der Waals surface area contributed by atoms with E-state index in [1.54, 1.807) is 18.2 Å². The van der Waals surface area contributed by atoms with Crippen LogP contribution >= 0.6 is 27.3 Å². The van der Waals surface area contributed by atoms with Gasteiger partial charge in [-0.15, -0.1) is 11.3 Å². The lowest BCUT2D eigenvalue weighted by Gasteiger charge is -2.03. The largest absolute Gasteiger partial charge is 0.323 e. The van der Waals surface area contributed by atoms with Crippen molar-refractivity contribution in [2.45, 2.75) is 6.92 Å². The molecule has 0 aliphatic rings. The molecule has 2 heterocycles. The predicted octanol–water partition coefficient (Wildman–Crippen LogP) is 3.24. The van der Waals surface area contributed by atoms with E-state index in [0.29, 0.717) is 21.6 Å². The van der Waals surface area contributed by atoms with Crippen LogP contribution in [0, 0.1) is 6.92 Å². The zero-order chi connectivity index (χ0) is 14.3. The van der Waals surface area contributed by atoms with Gasteiger partial charge in [0.15, 0.2) is 0 Å². The fraction of sp³-hybridized carbons (Fsp3) is 0.0769. The third-order valence-electron chi connectivity index (χ3n) is 2.85. The van der Waals surface area contributed by atoms with Crippen molar-refractivity contribution in [2.24, 2.45) is 0 Å². The molecule has 102 valence electrons. The summed E-state index contributed by atoms with van der Waals surface area (Å²) in [6.07, 6.45) is 0. The molecule has 0 spiro atoms. The van der Waals surface area contributed by atoms with Gasteiger partial charge in [0.05, 0.1) is 19.7 Å². The van der Waals surface area contributed by atoms with Gasteiger partial charge in [-0.3, -0.25) is 4.79 Å². The molecule has 0 fully saturated rings. The Kier molecular flexibility index (Phi) is 3.23. The van der Waals surface area contributed by atoms with E-state index in [-0.39, 0.29) is 11.6 Å². The molecule has 20 heavy (non-hydrogen) atoms. The molecule has 1 amide bonds. The number of aromatic nitrogens is 2. The maximum atomic E-state index is 12.1. The van der Waals surface area contributed by atoms with Gasteiger partial charge in [-0.2, -0.15) is 0 Å². The van der Waals surface area contributed by atoms with Gasteiger partial charge in [0.2, 0.25) is 0 Å². The Balaban J connectivity index is 1.88. The van der Waals surface area contributed by atoms with E-state index >= 15 is 0 Å². The van der Waals surface area contributed by atoms with Gasteiger partial charge < -0.3 is 15.3 Å². The fourth-order valence-electron chi connectivity index (χ4n) is 1.87. The highest BCUT2D eigenvalue weighted by molar-refractivity contribution is 9.11. The molecule has 3 rings (SSSR count). The van der Waals surface area contributed by atoms with Crippen molar-refractivity contribution in [1.82, 2.24) is 9.97 Å². The van der Waals surface area contributed by atoms with Crippen molar-refractivity contribution in [3.63, 3.8) is 0 Å². The normalized spacial score (nSPS) is 10.9. The number of fused-ring (bicyclic) bond motifs is 1. The van der Waals surface area contributed by atoms with E-state index in [4.69, 9.17) is 0 Å². The molecule has 0 aliphatic heterocycles. The van der Waals surface area contributed by atoms with Crippen molar-refractivity contribution >= 4 is 49.9 Å². The summed E-state index contributed by atoms with van der Waals surface area (Å²) in [6, 6.07) is 7.05. The Morgan fingerprint density at radius 1 is 1.25 bits per heavy atom. The number of hydrogen-bond acceptors (Lipinski definition) is 3. The van der Waals surface area contributed by atoms with Crippen LogP contribution in [0.25, 0.3) is 11.0 Å². The van der Waals surface area contributed by atoms with E-state index in [9.17, 15) is 9.59 Å². The van der Waals surface area contributed by atoms with E-state index in [0.717, 1.165) is 9.35 Å². The molecule has 5 nitrogen and oxygen atoms in total. The van der Waals surface area contributed by atoms with Crippen LogP contribution in [0.5, 0.6) is 0 Å². The molecule has 0 atom stereocenters. The average Bonchev–Trinajstić information content (AvgIpc) is 2.91. The Hall–Kier alpha value is -1.86. The average molecular weight is 352 g/mol. The van der Waals surface area contributed by atoms with E-state index < -0.39 is 0 Å². The van der Waals surface area contributed by atoms with Gasteiger partial charge in [0, 0.05) is 5.69 Å². The lowest BCUT2D eigenvalue weighted by Crippen LogP contribution is -2.09. The number of aryl methyl sites for hydroxylation is 1. The lowest BCUT2D eigenvalue weighted by molar-refractivity contribution is 0.103. The van der Waals surface area contributed by atoms with Gasteiger partial charge in [0.25, 0.3) is 5.91 Å². The van der Waals surface area contributed by atoms with Crippen LogP contribution < -0.4 is 11.0 Å². The summed E-state index contributed by atoms with van der Waals surface area (Å²) < 4.78 is 0.952. The first-order valence-corrected chi connectivity index (χ1v) is 7.43. The summed E-state index contributed by atoms with van der Waals surface area (Å²) in [6.45, 7) is 1.94. The number of hydrogen-bond donors (Lipinski definition) is 3. The van der Waals surface area contributed by atoms with Crippen LogP contribution in [0.2, 0.25) is 0 Å². The van der Waals surface area contributed by atoms with Crippen molar-refractivity contribution in [3.05, 3.63) is 49.0 Å². The van der Waals surface area contributed by atoms with Crippen molar-refractivity contribution in [2.75, 3.05) is 5.32 Å². The minimum atomic E-state index is -0.263. The highest BCUT2D eigenvalue weighted by Gasteiger charge is 2.11. The zero-order valence-corrected chi connectivity index (χ0v) is 12.8. The van der Waals surface area contributed by atoms with Crippen molar-refractivity contribution < 1.29 is 4.79 Å². The van der Waals surface area contributed by atoms with Gasteiger partial charge in [-0.25, -0.2) is 4.79 Å². The summed E-state index contributed by atoms with van der Waals surface area (Å²) in [4.78, 5) is 29.2. The number of amides is 1. The number of benzene rings is 1.